The van der Waals surface area contributed by atoms with Crippen molar-refractivity contribution in [2.75, 3.05) is 0 Å². The summed E-state index contributed by atoms with van der Waals surface area (Å²) < 4.78 is 33.2. The summed E-state index contributed by atoms with van der Waals surface area (Å²) in [5, 5.41) is 2.66. The van der Waals surface area contributed by atoms with Crippen LogP contribution >= 0.6 is 0 Å². The van der Waals surface area contributed by atoms with Gasteiger partial charge in [-0.05, 0) is 42.8 Å². The van der Waals surface area contributed by atoms with E-state index in [1.165, 1.54) is 22.8 Å². The van der Waals surface area contributed by atoms with Gasteiger partial charge in [-0.15, -0.1) is 0 Å². The van der Waals surface area contributed by atoms with Crippen LogP contribution in [0.4, 0.5) is 8.78 Å². The van der Waals surface area contributed by atoms with Crippen molar-refractivity contribution >= 4 is 5.91 Å². The molecule has 5 nitrogen and oxygen atoms in total. The van der Waals surface area contributed by atoms with Crippen LogP contribution in [-0.2, 0) is 6.54 Å². The van der Waals surface area contributed by atoms with E-state index >= 15 is 0 Å². The first-order valence-electron chi connectivity index (χ1n) is 7.94. The number of nitrogens with one attached hydrogen (secondary N) is 1. The summed E-state index contributed by atoms with van der Waals surface area (Å²) >= 11 is 0. The molecule has 3 rings (SSSR count). The van der Waals surface area contributed by atoms with E-state index in [0.29, 0.717) is 11.3 Å². The molecule has 1 amide bonds. The highest BCUT2D eigenvalue weighted by atomic mass is 19.2. The summed E-state index contributed by atoms with van der Waals surface area (Å²) in [4.78, 5) is 24.0. The average Bonchev–Trinajstić information content (AvgIpc) is 3.08. The number of carbonyl (C=O) groups is 1. The summed E-state index contributed by atoms with van der Waals surface area (Å²) in [5.41, 5.74) is 0.252. The molecule has 0 aliphatic carbocycles. The highest BCUT2D eigenvalue weighted by Crippen LogP contribution is 2.17. The summed E-state index contributed by atoms with van der Waals surface area (Å²) in [6.07, 6.45) is 1.62. The number of carbonyl (C=O) groups excluding carboxylic acids is 1. The number of aromatic nitrogens is 1. The zero-order chi connectivity index (χ0) is 18.7. The van der Waals surface area contributed by atoms with Crippen LogP contribution in [0.5, 0.6) is 0 Å². The van der Waals surface area contributed by atoms with Crippen LogP contribution in [0.2, 0.25) is 0 Å². The predicted octanol–water partition coefficient (Wildman–Crippen LogP) is 3.26. The first kappa shape index (κ1) is 17.6. The fourth-order valence-corrected chi connectivity index (χ4v) is 2.48. The van der Waals surface area contributed by atoms with Crippen molar-refractivity contribution in [2.24, 2.45) is 0 Å². The van der Waals surface area contributed by atoms with Crippen molar-refractivity contribution in [3.63, 3.8) is 0 Å². The van der Waals surface area contributed by atoms with Gasteiger partial charge in [-0.25, -0.2) is 8.78 Å². The molecule has 2 heterocycles. The van der Waals surface area contributed by atoms with E-state index in [1.807, 2.05) is 0 Å². The lowest BCUT2D eigenvalue weighted by Gasteiger charge is -2.13. The van der Waals surface area contributed by atoms with E-state index in [2.05, 4.69) is 5.32 Å². The molecule has 1 aromatic carbocycles. The first-order chi connectivity index (χ1) is 12.4. The predicted molar refractivity (Wildman–Crippen MR) is 90.8 cm³/mol. The Labute approximate surface area is 147 Å². The molecule has 3 aromatic rings. The molecule has 0 saturated carbocycles. The van der Waals surface area contributed by atoms with Gasteiger partial charge in [0.05, 0.1) is 12.6 Å². The molecule has 0 aliphatic heterocycles. The lowest BCUT2D eigenvalue weighted by molar-refractivity contribution is 0.0909. The summed E-state index contributed by atoms with van der Waals surface area (Å²) in [6.45, 7) is 1.85. The highest BCUT2D eigenvalue weighted by Gasteiger charge is 2.16. The van der Waals surface area contributed by atoms with E-state index in [0.717, 1.165) is 12.1 Å². The second-order valence-corrected chi connectivity index (χ2v) is 5.80. The minimum atomic E-state index is -0.975. The molecule has 0 fully saturated rings. The minimum absolute atomic E-state index is 0.0680. The molecule has 7 heteroatoms. The molecule has 26 heavy (non-hydrogen) atoms. The van der Waals surface area contributed by atoms with Crippen LogP contribution in [-0.4, -0.2) is 10.5 Å². The average molecular weight is 358 g/mol. The third-order valence-electron chi connectivity index (χ3n) is 3.90. The number of benzene rings is 1. The number of rotatable bonds is 5. The summed E-state index contributed by atoms with van der Waals surface area (Å²) in [5.74, 6) is -1.90. The highest BCUT2D eigenvalue weighted by molar-refractivity contribution is 5.91. The number of nitrogens with zero attached hydrogens (tertiary/aromatic N) is 1. The van der Waals surface area contributed by atoms with Crippen LogP contribution in [0.1, 0.15) is 34.8 Å². The van der Waals surface area contributed by atoms with Gasteiger partial charge in [0.2, 0.25) is 0 Å². The zero-order valence-corrected chi connectivity index (χ0v) is 13.9. The Morgan fingerprint density at radius 2 is 1.96 bits per heavy atom. The van der Waals surface area contributed by atoms with Crippen LogP contribution in [0.25, 0.3) is 0 Å². The van der Waals surface area contributed by atoms with Crippen molar-refractivity contribution in [2.45, 2.75) is 19.5 Å². The number of furan rings is 1. The van der Waals surface area contributed by atoms with Gasteiger partial charge in [-0.1, -0.05) is 12.1 Å². The first-order valence-corrected chi connectivity index (χ1v) is 7.94. The second kappa shape index (κ2) is 7.35. The Kier molecular flexibility index (Phi) is 4.97. The van der Waals surface area contributed by atoms with Crippen LogP contribution in [0.3, 0.4) is 0 Å². The zero-order valence-electron chi connectivity index (χ0n) is 13.9. The molecular weight excluding hydrogens is 342 g/mol. The lowest BCUT2D eigenvalue weighted by Crippen LogP contribution is -2.26. The Balaban J connectivity index is 1.68. The molecule has 1 atom stereocenters. The maximum absolute atomic E-state index is 13.3. The number of hydrogen-bond acceptors (Lipinski definition) is 3. The number of amides is 1. The van der Waals surface area contributed by atoms with Crippen molar-refractivity contribution in [3.05, 3.63) is 93.8 Å². The van der Waals surface area contributed by atoms with Crippen molar-refractivity contribution in [3.8, 4) is 0 Å². The van der Waals surface area contributed by atoms with Crippen LogP contribution < -0.4 is 10.9 Å². The molecule has 0 bridgehead atoms. The summed E-state index contributed by atoms with van der Waals surface area (Å²) in [6, 6.07) is 10.8. The SMILES string of the molecule is CC(NC(=O)c1ccc(Cn2ccccc2=O)o1)c1ccc(F)c(F)c1. The Morgan fingerprint density at radius 1 is 1.15 bits per heavy atom. The third kappa shape index (κ3) is 3.88. The molecule has 1 N–H and O–H groups in total. The molecule has 0 aliphatic rings. The van der Waals surface area contributed by atoms with E-state index in [9.17, 15) is 18.4 Å². The van der Waals surface area contributed by atoms with E-state index < -0.39 is 23.6 Å². The quantitative estimate of drug-likeness (QED) is 0.761. The van der Waals surface area contributed by atoms with Gasteiger partial charge in [-0.3, -0.25) is 9.59 Å². The van der Waals surface area contributed by atoms with Gasteiger partial charge in [0.1, 0.15) is 5.76 Å². The molecule has 0 saturated heterocycles. The van der Waals surface area contributed by atoms with Gasteiger partial charge < -0.3 is 14.3 Å². The monoisotopic (exact) mass is 358 g/mol. The smallest absolute Gasteiger partial charge is 0.287 e. The van der Waals surface area contributed by atoms with Gasteiger partial charge in [0.25, 0.3) is 11.5 Å². The largest absolute Gasteiger partial charge is 0.454 e. The second-order valence-electron chi connectivity index (χ2n) is 5.80. The molecule has 0 radical (unpaired) electrons. The number of hydrogen-bond donors (Lipinski definition) is 1. The van der Waals surface area contributed by atoms with E-state index in [-0.39, 0.29) is 17.9 Å². The Hall–Kier alpha value is -3.22. The Morgan fingerprint density at radius 3 is 2.69 bits per heavy atom. The van der Waals surface area contributed by atoms with Gasteiger partial charge in [0, 0.05) is 12.3 Å². The van der Waals surface area contributed by atoms with Crippen LogP contribution in [0, 0.1) is 11.6 Å². The molecule has 2 aromatic heterocycles. The third-order valence-corrected chi connectivity index (χ3v) is 3.90. The Bertz CT molecular complexity index is 994. The standard InChI is InChI=1S/C19H16F2N2O3/c1-12(13-5-7-15(20)16(21)10-13)22-19(25)17-8-6-14(26-17)11-23-9-3-2-4-18(23)24/h2-10,12H,11H2,1H3,(H,22,25). The number of halogens is 2. The summed E-state index contributed by atoms with van der Waals surface area (Å²) in [7, 11) is 0. The van der Waals surface area contributed by atoms with Crippen molar-refractivity contribution in [1.82, 2.24) is 9.88 Å². The minimum Gasteiger partial charge on any atom is -0.454 e. The van der Waals surface area contributed by atoms with Crippen molar-refractivity contribution in [1.29, 1.82) is 0 Å². The topological polar surface area (TPSA) is 64.2 Å². The maximum Gasteiger partial charge on any atom is 0.287 e. The maximum atomic E-state index is 13.3. The number of pyridine rings is 1. The van der Waals surface area contributed by atoms with Gasteiger partial charge >= 0.3 is 0 Å². The molecule has 134 valence electrons. The molecule has 0 spiro atoms. The molecular formula is C19H16F2N2O3. The normalized spacial score (nSPS) is 12.0. The fourth-order valence-electron chi connectivity index (χ4n) is 2.48. The molecule has 1 unspecified atom stereocenters. The van der Waals surface area contributed by atoms with E-state index in [1.54, 1.807) is 31.3 Å². The lowest BCUT2D eigenvalue weighted by atomic mass is 10.1. The van der Waals surface area contributed by atoms with Gasteiger partial charge in [0.15, 0.2) is 17.4 Å². The fraction of sp³-hybridized carbons (Fsp3) is 0.158. The van der Waals surface area contributed by atoms with Gasteiger partial charge in [-0.2, -0.15) is 0 Å². The van der Waals surface area contributed by atoms with Crippen molar-refractivity contribution < 1.29 is 18.0 Å². The van der Waals surface area contributed by atoms with Crippen LogP contribution in [0.15, 0.2) is 63.9 Å². The van der Waals surface area contributed by atoms with E-state index in [4.69, 9.17) is 4.42 Å².